The molecule has 0 aliphatic heterocycles. The molecule has 45 heavy (non-hydrogen) atoms. The van der Waals surface area contributed by atoms with E-state index in [-0.39, 0.29) is 34.2 Å². The van der Waals surface area contributed by atoms with Gasteiger partial charge in [-0.05, 0) is 64.1 Å². The van der Waals surface area contributed by atoms with Crippen molar-refractivity contribution in [2.75, 3.05) is 5.12 Å². The predicted octanol–water partition coefficient (Wildman–Crippen LogP) is 7.99. The Hall–Kier alpha value is -4.43. The molecule has 1 aromatic heterocycles. The zero-order chi connectivity index (χ0) is 32.7. The van der Waals surface area contributed by atoms with Gasteiger partial charge in [0.15, 0.2) is 0 Å². The number of allylic oxidation sites excluding steroid dienone is 4. The fourth-order valence-corrected chi connectivity index (χ4v) is 6.15. The molecule has 0 saturated heterocycles. The molecule has 0 fully saturated rings. The zero-order valence-corrected chi connectivity index (χ0v) is 27.8. The van der Waals surface area contributed by atoms with Gasteiger partial charge in [0.25, 0.3) is 0 Å². The van der Waals surface area contributed by atoms with Crippen molar-refractivity contribution in [2.24, 2.45) is 16.4 Å². The predicted molar refractivity (Wildman–Crippen MR) is 184 cm³/mol. The van der Waals surface area contributed by atoms with E-state index in [9.17, 15) is 10.2 Å². The number of rotatable bonds is 7. The minimum absolute atomic E-state index is 0.0255. The first-order chi connectivity index (χ1) is 21.0. The number of hydrazine groups is 1. The number of benzene rings is 3. The number of aromatic nitrogens is 3. The van der Waals surface area contributed by atoms with Crippen LogP contribution in [0.15, 0.2) is 77.9 Å². The molecule has 4 N–H and O–H groups in total. The Balaban J connectivity index is 1.66. The second-order valence-electron chi connectivity index (χ2n) is 15.0. The first-order valence-corrected chi connectivity index (χ1v) is 15.5. The number of hydrogen-bond donors (Lipinski definition) is 3. The number of nitrogens with two attached hydrogens (primary N) is 1. The summed E-state index contributed by atoms with van der Waals surface area (Å²) < 4.78 is 0. The first-order valence-electron chi connectivity index (χ1n) is 15.5. The summed E-state index contributed by atoms with van der Waals surface area (Å²) in [6, 6.07) is 15.6. The summed E-state index contributed by atoms with van der Waals surface area (Å²) in [6.45, 7) is 17.5. The summed E-state index contributed by atoms with van der Waals surface area (Å²) in [4.78, 5) is 1.50. The number of fused-ring (bicyclic) bond motifs is 1. The molecule has 0 unspecified atom stereocenters. The van der Waals surface area contributed by atoms with Crippen molar-refractivity contribution in [1.29, 1.82) is 0 Å². The molecule has 0 radical (unpaired) electrons. The number of hydrazone groups is 1. The number of phenols is 2. The highest BCUT2D eigenvalue weighted by atomic mass is 16.3. The van der Waals surface area contributed by atoms with Crippen molar-refractivity contribution in [2.45, 2.75) is 85.5 Å². The van der Waals surface area contributed by atoms with Gasteiger partial charge >= 0.3 is 0 Å². The minimum Gasteiger partial charge on any atom is -0.505 e. The standard InChI is InChI=1S/C37H46N6O2/c1-35(2,3)23-37(7,8)27-20-25(33(44)31(22-27)42(38)39-28-14-10-9-11-15-28)18-24-19-26(36(4,5)6)21-32(34(24)45)43-40-29-16-12-13-17-30(29)41-43/h9-14,16-17,19-22,44-45H,15,18,23,38H2,1-8H3/b39-28-. The number of nitrogens with zero attached hydrogens (tertiary/aromatic N) is 5. The molecule has 5 rings (SSSR count). The van der Waals surface area contributed by atoms with E-state index in [1.54, 1.807) is 0 Å². The van der Waals surface area contributed by atoms with Gasteiger partial charge in [-0.1, -0.05) is 97.9 Å². The molecule has 8 heteroatoms. The Morgan fingerprint density at radius 1 is 0.844 bits per heavy atom. The van der Waals surface area contributed by atoms with Crippen LogP contribution in [0.5, 0.6) is 11.5 Å². The lowest BCUT2D eigenvalue weighted by molar-refractivity contribution is 0.284. The maximum absolute atomic E-state index is 11.7. The van der Waals surface area contributed by atoms with Gasteiger partial charge < -0.3 is 10.2 Å². The number of phenolic OH excluding ortho intramolecular Hbond substituents is 2. The molecule has 0 bridgehead atoms. The summed E-state index contributed by atoms with van der Waals surface area (Å²) in [5, 5.41) is 38.7. The fraction of sp³-hybridized carbons (Fsp3) is 0.378. The Morgan fingerprint density at radius 3 is 2.04 bits per heavy atom. The lowest BCUT2D eigenvalue weighted by atomic mass is 9.72. The van der Waals surface area contributed by atoms with E-state index < -0.39 is 0 Å². The van der Waals surface area contributed by atoms with E-state index >= 15 is 0 Å². The zero-order valence-electron chi connectivity index (χ0n) is 27.8. The van der Waals surface area contributed by atoms with E-state index in [1.807, 2.05) is 72.8 Å². The third kappa shape index (κ3) is 7.12. The molecule has 8 nitrogen and oxygen atoms in total. The highest BCUT2D eigenvalue weighted by molar-refractivity contribution is 5.97. The van der Waals surface area contributed by atoms with Gasteiger partial charge in [0.05, 0.1) is 5.71 Å². The SMILES string of the molecule is CC(C)(C)CC(C)(C)c1cc(Cc2cc(C(C)(C)C)cc(-n3nc4ccccc4n3)c2O)c(O)c(N(N)/N=C2/C=CC=CC2)c1. The van der Waals surface area contributed by atoms with Gasteiger partial charge in [0.2, 0.25) is 0 Å². The van der Waals surface area contributed by atoms with E-state index in [1.165, 1.54) is 9.91 Å². The smallest absolute Gasteiger partial charge is 0.146 e. The first kappa shape index (κ1) is 32.0. The molecule has 4 aromatic rings. The molecule has 0 saturated carbocycles. The van der Waals surface area contributed by atoms with Crippen LogP contribution >= 0.6 is 0 Å². The lowest BCUT2D eigenvalue weighted by Gasteiger charge is -2.34. The van der Waals surface area contributed by atoms with Crippen molar-refractivity contribution in [1.82, 2.24) is 15.0 Å². The van der Waals surface area contributed by atoms with Crippen LogP contribution in [-0.2, 0) is 17.3 Å². The Bertz CT molecular complexity index is 1780. The average Bonchev–Trinajstić information content (AvgIpc) is 3.38. The van der Waals surface area contributed by atoms with Crippen molar-refractivity contribution < 1.29 is 10.2 Å². The monoisotopic (exact) mass is 606 g/mol. The van der Waals surface area contributed by atoms with Crippen LogP contribution in [0, 0.1) is 5.41 Å². The van der Waals surface area contributed by atoms with Gasteiger partial charge in [0, 0.05) is 24.0 Å². The maximum Gasteiger partial charge on any atom is 0.146 e. The quantitative estimate of drug-likeness (QED) is 0.145. The normalized spacial score (nSPS) is 14.9. The lowest BCUT2D eigenvalue weighted by Crippen LogP contribution is -2.29. The van der Waals surface area contributed by atoms with Crippen LogP contribution < -0.4 is 11.0 Å². The fourth-order valence-electron chi connectivity index (χ4n) is 6.15. The van der Waals surface area contributed by atoms with Gasteiger partial charge in [-0.2, -0.15) is 10.2 Å². The Morgan fingerprint density at radius 2 is 1.47 bits per heavy atom. The topological polar surface area (TPSA) is 113 Å². The van der Waals surface area contributed by atoms with Crippen molar-refractivity contribution in [3.8, 4) is 17.2 Å². The van der Waals surface area contributed by atoms with E-state index in [0.717, 1.165) is 34.3 Å². The summed E-state index contributed by atoms with van der Waals surface area (Å²) in [5.74, 6) is 6.62. The summed E-state index contributed by atoms with van der Waals surface area (Å²) >= 11 is 0. The molecule has 3 aromatic carbocycles. The Kier molecular flexibility index (Phi) is 8.40. The van der Waals surface area contributed by atoms with Crippen LogP contribution in [0.1, 0.15) is 90.5 Å². The van der Waals surface area contributed by atoms with Crippen LogP contribution in [0.2, 0.25) is 0 Å². The highest BCUT2D eigenvalue weighted by Crippen LogP contribution is 2.43. The summed E-state index contributed by atoms with van der Waals surface area (Å²) in [7, 11) is 0. The summed E-state index contributed by atoms with van der Waals surface area (Å²) in [6.07, 6.45) is 9.64. The average molecular weight is 607 g/mol. The second kappa shape index (κ2) is 11.8. The maximum atomic E-state index is 11.7. The van der Waals surface area contributed by atoms with E-state index in [4.69, 9.17) is 5.84 Å². The van der Waals surface area contributed by atoms with E-state index in [0.29, 0.717) is 28.9 Å². The third-order valence-electron chi connectivity index (χ3n) is 8.19. The summed E-state index contributed by atoms with van der Waals surface area (Å²) in [5.41, 5.74) is 6.11. The van der Waals surface area contributed by atoms with Crippen molar-refractivity contribution in [3.05, 3.63) is 95.1 Å². The van der Waals surface area contributed by atoms with Crippen molar-refractivity contribution in [3.63, 3.8) is 0 Å². The molecular formula is C37H46N6O2. The molecule has 1 aliphatic carbocycles. The van der Waals surface area contributed by atoms with Gasteiger partial charge in [-0.15, -0.1) is 15.0 Å². The van der Waals surface area contributed by atoms with E-state index in [2.05, 4.69) is 70.7 Å². The highest BCUT2D eigenvalue weighted by Gasteiger charge is 2.30. The van der Waals surface area contributed by atoms with Crippen LogP contribution in [0.3, 0.4) is 0 Å². The van der Waals surface area contributed by atoms with Gasteiger partial charge in [-0.3, -0.25) is 0 Å². The van der Waals surface area contributed by atoms with Crippen LogP contribution in [0.4, 0.5) is 5.69 Å². The Labute approximate surface area is 266 Å². The molecule has 1 aliphatic rings. The van der Waals surface area contributed by atoms with Crippen LogP contribution in [0.25, 0.3) is 16.7 Å². The van der Waals surface area contributed by atoms with Gasteiger partial charge in [0.1, 0.15) is 33.9 Å². The molecular weight excluding hydrogens is 560 g/mol. The van der Waals surface area contributed by atoms with Gasteiger partial charge in [-0.25, -0.2) is 5.84 Å². The van der Waals surface area contributed by atoms with Crippen LogP contribution in [-0.4, -0.2) is 30.9 Å². The molecule has 0 spiro atoms. The molecule has 1 heterocycles. The second-order valence-corrected chi connectivity index (χ2v) is 15.0. The number of aromatic hydroxyl groups is 2. The number of anilines is 1. The molecule has 236 valence electrons. The molecule has 0 atom stereocenters. The number of hydrogen-bond acceptors (Lipinski definition) is 7. The largest absolute Gasteiger partial charge is 0.505 e. The minimum atomic E-state index is -0.240. The van der Waals surface area contributed by atoms with Crippen molar-refractivity contribution >= 4 is 22.4 Å². The molecule has 0 amide bonds. The third-order valence-corrected chi connectivity index (χ3v) is 8.19.